The SMILES string of the molecule is COC(=O)CCN1CN2C(=N1)C(c1ccc(CCc3cc(OC)c(OC)c(OC)c3)cc1)=NCc1cc[s+](C)c12. The molecule has 9 nitrogen and oxygen atoms in total. The Morgan fingerprint density at radius 3 is 2.30 bits per heavy atom. The average Bonchev–Trinajstić information content (AvgIpc) is 3.53. The van der Waals surface area contributed by atoms with E-state index in [1.165, 1.54) is 23.2 Å². The molecule has 0 N–H and O–H groups in total. The topological polar surface area (TPSA) is 85.2 Å². The number of hydrogen-bond acceptors (Lipinski definition) is 9. The van der Waals surface area contributed by atoms with Gasteiger partial charge in [-0.2, -0.15) is 5.10 Å². The predicted octanol–water partition coefficient (Wildman–Crippen LogP) is 4.74. The minimum atomic E-state index is -0.240. The predicted molar refractivity (Wildman–Crippen MR) is 158 cm³/mol. The molecule has 3 heterocycles. The van der Waals surface area contributed by atoms with Gasteiger partial charge in [0.2, 0.25) is 5.75 Å². The lowest BCUT2D eigenvalue weighted by Crippen LogP contribution is -2.35. The zero-order chi connectivity index (χ0) is 28.2. The second kappa shape index (κ2) is 12.0. The van der Waals surface area contributed by atoms with Gasteiger partial charge in [0.1, 0.15) is 24.0 Å². The number of fused-ring (bicyclic) bond motifs is 3. The van der Waals surface area contributed by atoms with Crippen molar-refractivity contribution in [1.29, 1.82) is 0 Å². The van der Waals surface area contributed by atoms with E-state index in [0.29, 0.717) is 37.0 Å². The molecule has 2 aliphatic rings. The molecule has 0 aliphatic carbocycles. The number of ether oxygens (including phenoxy) is 4. The highest BCUT2D eigenvalue weighted by Gasteiger charge is 2.37. The maximum Gasteiger partial charge on any atom is 0.307 e. The number of esters is 1. The molecular formula is C30H35N4O5S+. The quantitative estimate of drug-likeness (QED) is 0.260. The fourth-order valence-corrected chi connectivity index (χ4v) is 6.61. The summed E-state index contributed by atoms with van der Waals surface area (Å²) in [5.41, 5.74) is 5.45. The van der Waals surface area contributed by atoms with Gasteiger partial charge >= 0.3 is 5.97 Å². The summed E-state index contributed by atoms with van der Waals surface area (Å²) in [4.78, 5) is 19.0. The molecule has 0 spiro atoms. The summed E-state index contributed by atoms with van der Waals surface area (Å²) >= 11 is 0. The fourth-order valence-electron chi connectivity index (χ4n) is 5.08. The van der Waals surface area contributed by atoms with Crippen molar-refractivity contribution in [3.05, 3.63) is 70.1 Å². The second-order valence-corrected chi connectivity index (χ2v) is 11.4. The summed E-state index contributed by atoms with van der Waals surface area (Å²) in [6.45, 7) is 1.71. The van der Waals surface area contributed by atoms with Crippen LogP contribution in [-0.4, -0.2) is 64.2 Å². The van der Waals surface area contributed by atoms with Crippen LogP contribution in [0.1, 0.15) is 28.7 Å². The molecule has 2 aromatic carbocycles. The highest BCUT2D eigenvalue weighted by atomic mass is 32.2. The first kappa shape index (κ1) is 27.5. The van der Waals surface area contributed by atoms with Crippen LogP contribution in [0.2, 0.25) is 0 Å². The molecule has 1 aromatic heterocycles. The Hall–Kier alpha value is -4.05. The van der Waals surface area contributed by atoms with Crippen LogP contribution < -0.4 is 19.1 Å². The van der Waals surface area contributed by atoms with Gasteiger partial charge in [0.05, 0.1) is 47.0 Å². The summed E-state index contributed by atoms with van der Waals surface area (Å²) in [5.74, 6) is 2.51. The smallest absolute Gasteiger partial charge is 0.307 e. The van der Waals surface area contributed by atoms with Crippen molar-refractivity contribution in [2.24, 2.45) is 16.3 Å². The first-order valence-electron chi connectivity index (χ1n) is 13.1. The molecule has 40 heavy (non-hydrogen) atoms. The summed E-state index contributed by atoms with van der Waals surface area (Å²) in [6.07, 6.45) is 4.20. The van der Waals surface area contributed by atoms with E-state index < -0.39 is 0 Å². The molecule has 3 aromatic rings. The van der Waals surface area contributed by atoms with Crippen LogP contribution in [0.3, 0.4) is 0 Å². The number of hydrazone groups is 1. The normalized spacial score (nSPS) is 14.6. The van der Waals surface area contributed by atoms with E-state index in [2.05, 4.69) is 46.9 Å². The molecular weight excluding hydrogens is 528 g/mol. The van der Waals surface area contributed by atoms with Gasteiger partial charge in [0.25, 0.3) is 5.00 Å². The molecule has 2 aliphatic heterocycles. The largest absolute Gasteiger partial charge is 0.493 e. The molecule has 210 valence electrons. The Morgan fingerprint density at radius 2 is 1.65 bits per heavy atom. The lowest BCUT2D eigenvalue weighted by Gasteiger charge is -2.18. The number of carbonyl (C=O) groups is 1. The monoisotopic (exact) mass is 563 g/mol. The van der Waals surface area contributed by atoms with Crippen LogP contribution in [0.5, 0.6) is 17.2 Å². The second-order valence-electron chi connectivity index (χ2n) is 9.64. The van der Waals surface area contributed by atoms with Crippen LogP contribution in [0.15, 0.2) is 57.9 Å². The van der Waals surface area contributed by atoms with Crippen molar-refractivity contribution in [2.75, 3.05) is 46.6 Å². The maximum atomic E-state index is 11.8. The molecule has 0 bridgehead atoms. The van der Waals surface area contributed by atoms with Gasteiger partial charge in [-0.15, -0.1) is 0 Å². The van der Waals surface area contributed by atoms with E-state index in [1.54, 1.807) is 21.3 Å². The number of aryl methyl sites for hydroxylation is 3. The number of nitrogens with zero attached hydrogens (tertiary/aromatic N) is 4. The number of anilines is 1. The fraction of sp³-hybridized carbons (Fsp3) is 0.367. The van der Waals surface area contributed by atoms with Crippen molar-refractivity contribution in [2.45, 2.75) is 25.8 Å². The van der Waals surface area contributed by atoms with E-state index >= 15 is 0 Å². The van der Waals surface area contributed by atoms with Crippen molar-refractivity contribution in [3.63, 3.8) is 0 Å². The van der Waals surface area contributed by atoms with E-state index in [-0.39, 0.29) is 22.9 Å². The first-order chi connectivity index (χ1) is 19.4. The molecule has 1 unspecified atom stereocenters. The molecule has 10 heteroatoms. The van der Waals surface area contributed by atoms with Crippen LogP contribution in [0.4, 0.5) is 5.00 Å². The molecule has 0 saturated heterocycles. The molecule has 0 amide bonds. The summed E-state index contributed by atoms with van der Waals surface area (Å²) in [6, 6.07) is 14.7. The van der Waals surface area contributed by atoms with Gasteiger partial charge in [0, 0.05) is 18.2 Å². The lowest BCUT2D eigenvalue weighted by atomic mass is 10.0. The number of amidine groups is 1. The van der Waals surface area contributed by atoms with Gasteiger partial charge < -0.3 is 18.9 Å². The zero-order valence-electron chi connectivity index (χ0n) is 23.6. The molecule has 1 atom stereocenters. The van der Waals surface area contributed by atoms with Gasteiger partial charge in [-0.25, -0.2) is 0 Å². The molecule has 0 saturated carbocycles. The van der Waals surface area contributed by atoms with Crippen LogP contribution >= 0.6 is 10.5 Å². The van der Waals surface area contributed by atoms with E-state index in [9.17, 15) is 4.79 Å². The number of methoxy groups -OCH3 is 4. The van der Waals surface area contributed by atoms with E-state index in [4.69, 9.17) is 29.0 Å². The zero-order valence-corrected chi connectivity index (χ0v) is 24.4. The van der Waals surface area contributed by atoms with Crippen LogP contribution in [0, 0.1) is 0 Å². The minimum absolute atomic E-state index is 0.0168. The summed E-state index contributed by atoms with van der Waals surface area (Å²) in [5, 5.41) is 10.4. The Bertz CT molecular complexity index is 1420. The Kier molecular flexibility index (Phi) is 8.25. The summed E-state index contributed by atoms with van der Waals surface area (Å²) in [7, 11) is 6.27. The number of benzene rings is 2. The van der Waals surface area contributed by atoms with Crippen molar-refractivity contribution < 1.29 is 23.7 Å². The number of carbonyl (C=O) groups excluding carboxylic acids is 1. The van der Waals surface area contributed by atoms with Gasteiger partial charge in [-0.05, 0) is 46.6 Å². The minimum Gasteiger partial charge on any atom is -0.493 e. The average molecular weight is 564 g/mol. The van der Waals surface area contributed by atoms with Crippen molar-refractivity contribution >= 4 is 33.0 Å². The highest BCUT2D eigenvalue weighted by molar-refractivity contribution is 7.32. The van der Waals surface area contributed by atoms with E-state index in [0.717, 1.165) is 35.5 Å². The van der Waals surface area contributed by atoms with Crippen molar-refractivity contribution in [1.82, 2.24) is 5.01 Å². The molecule has 5 rings (SSSR count). The number of aliphatic imine (C=N–C) groups is 1. The van der Waals surface area contributed by atoms with Crippen LogP contribution in [-0.2, 0) is 35.2 Å². The lowest BCUT2D eigenvalue weighted by molar-refractivity contribution is -0.140. The molecule has 0 radical (unpaired) electrons. The van der Waals surface area contributed by atoms with E-state index in [1.807, 2.05) is 17.1 Å². The first-order valence-corrected chi connectivity index (χ1v) is 14.8. The maximum absolute atomic E-state index is 11.8. The van der Waals surface area contributed by atoms with Crippen LogP contribution in [0.25, 0.3) is 0 Å². The Labute approximate surface area is 237 Å². The van der Waals surface area contributed by atoms with Gasteiger partial charge in [-0.1, -0.05) is 24.3 Å². The third kappa shape index (κ3) is 5.49. The van der Waals surface area contributed by atoms with Gasteiger partial charge in [-0.3, -0.25) is 19.7 Å². The molecule has 0 fully saturated rings. The van der Waals surface area contributed by atoms with Crippen molar-refractivity contribution in [3.8, 4) is 17.2 Å². The standard InChI is InChI=1S/C30H35N4O5S/c1-36-24-16-21(17-25(37-2)28(24)39-4)7-6-20-8-10-22(11-9-20)27-29-32-33(14-12-26(35)38-3)19-34(29)30-23(18-31-27)13-15-40(30)5/h8-11,13,15-17H,6-7,12,14,18-19H2,1-5H3/q+1. The number of rotatable bonds is 10. The number of hydrogen-bond donors (Lipinski definition) is 0. The third-order valence-electron chi connectivity index (χ3n) is 7.17. The number of thiophene rings is 1. The van der Waals surface area contributed by atoms with Gasteiger partial charge in [0.15, 0.2) is 17.3 Å². The summed E-state index contributed by atoms with van der Waals surface area (Å²) < 4.78 is 21.3. The Balaban J connectivity index is 1.35. The highest BCUT2D eigenvalue weighted by Crippen LogP contribution is 2.40. The Morgan fingerprint density at radius 1 is 0.950 bits per heavy atom. The third-order valence-corrected chi connectivity index (χ3v) is 8.81.